The lowest BCUT2D eigenvalue weighted by molar-refractivity contribution is 0.662. The minimum absolute atomic E-state index is 0.180. The van der Waals surface area contributed by atoms with Crippen LogP contribution in [-0.4, -0.2) is 9.55 Å². The first-order valence-corrected chi connectivity index (χ1v) is 20.8. The topological polar surface area (TPSA) is 21.1 Å². The van der Waals surface area contributed by atoms with Crippen LogP contribution in [0.1, 0.15) is 25.0 Å². The van der Waals surface area contributed by atoms with E-state index in [2.05, 4.69) is 211 Å². The highest BCUT2D eigenvalue weighted by Gasteiger charge is 2.37. The molecule has 274 valence electrons. The van der Waals surface area contributed by atoms with Crippen molar-refractivity contribution in [3.05, 3.63) is 199 Å². The van der Waals surface area contributed by atoms with Crippen molar-refractivity contribution in [2.75, 3.05) is 4.90 Å². The molecule has 11 aromatic rings. The molecular formula is C54H37N3S. The Kier molecular flexibility index (Phi) is 7.14. The Bertz CT molecular complexity index is 3420. The number of hydrogen-bond acceptors (Lipinski definition) is 3. The van der Waals surface area contributed by atoms with Crippen LogP contribution in [-0.2, 0) is 5.41 Å². The predicted molar refractivity (Wildman–Crippen MR) is 247 cm³/mol. The zero-order valence-corrected chi connectivity index (χ0v) is 33.0. The highest BCUT2D eigenvalue weighted by Crippen LogP contribution is 2.52. The second-order valence-corrected chi connectivity index (χ2v) is 17.1. The number of fused-ring (bicyclic) bond motifs is 10. The molecule has 1 aliphatic rings. The third-order valence-corrected chi connectivity index (χ3v) is 13.5. The van der Waals surface area contributed by atoms with Crippen LogP contribution in [0.15, 0.2) is 188 Å². The summed E-state index contributed by atoms with van der Waals surface area (Å²) in [6, 6.07) is 68.8. The average molecular weight is 760 g/mol. The first-order valence-electron chi connectivity index (χ1n) is 20.0. The molecule has 0 spiro atoms. The van der Waals surface area contributed by atoms with Crippen molar-refractivity contribution in [2.45, 2.75) is 19.3 Å². The van der Waals surface area contributed by atoms with Gasteiger partial charge in [0.1, 0.15) is 5.82 Å². The summed E-state index contributed by atoms with van der Waals surface area (Å²) in [6.07, 6.45) is 0. The molecule has 0 N–H and O–H groups in total. The van der Waals surface area contributed by atoms with E-state index in [1.165, 1.54) is 64.0 Å². The van der Waals surface area contributed by atoms with E-state index in [0.29, 0.717) is 0 Å². The number of benzene rings is 9. The molecule has 0 bridgehead atoms. The molecule has 0 saturated heterocycles. The summed E-state index contributed by atoms with van der Waals surface area (Å²) in [7, 11) is 0. The number of aromatic nitrogens is 2. The fourth-order valence-corrected chi connectivity index (χ4v) is 10.6. The van der Waals surface area contributed by atoms with Crippen LogP contribution in [0.5, 0.6) is 0 Å². The average Bonchev–Trinajstić information content (AvgIpc) is 3.90. The Hall–Kier alpha value is -7.01. The molecule has 0 atom stereocenters. The Labute approximate surface area is 340 Å². The fraction of sp³-hybridized carbons (Fsp3) is 0.0556. The van der Waals surface area contributed by atoms with Crippen molar-refractivity contribution in [3.8, 4) is 28.2 Å². The van der Waals surface area contributed by atoms with Gasteiger partial charge in [0.2, 0.25) is 0 Å². The van der Waals surface area contributed by atoms with Crippen molar-refractivity contribution >= 4 is 81.1 Å². The van der Waals surface area contributed by atoms with Gasteiger partial charge < -0.3 is 4.90 Å². The molecule has 9 aromatic carbocycles. The lowest BCUT2D eigenvalue weighted by Crippen LogP contribution is -2.15. The van der Waals surface area contributed by atoms with Crippen LogP contribution in [0, 0.1) is 0 Å². The van der Waals surface area contributed by atoms with Gasteiger partial charge in [0.15, 0.2) is 0 Å². The molecule has 12 rings (SSSR count). The van der Waals surface area contributed by atoms with Crippen molar-refractivity contribution in [1.29, 1.82) is 0 Å². The predicted octanol–water partition coefficient (Wildman–Crippen LogP) is 15.1. The molecule has 0 saturated carbocycles. The smallest absolute Gasteiger partial charge is 0.145 e. The van der Waals surface area contributed by atoms with Gasteiger partial charge in [-0.2, -0.15) is 0 Å². The number of imidazole rings is 1. The van der Waals surface area contributed by atoms with E-state index in [9.17, 15) is 0 Å². The lowest BCUT2D eigenvalue weighted by atomic mass is 9.81. The third-order valence-electron chi connectivity index (χ3n) is 12.3. The van der Waals surface area contributed by atoms with Gasteiger partial charge in [-0.15, -0.1) is 11.3 Å². The molecular weight excluding hydrogens is 723 g/mol. The largest absolute Gasteiger partial charge is 0.310 e. The monoisotopic (exact) mass is 759 g/mol. The van der Waals surface area contributed by atoms with Crippen molar-refractivity contribution < 1.29 is 0 Å². The van der Waals surface area contributed by atoms with Gasteiger partial charge in [-0.3, -0.25) is 4.57 Å². The van der Waals surface area contributed by atoms with Crippen molar-refractivity contribution in [3.63, 3.8) is 0 Å². The van der Waals surface area contributed by atoms with Gasteiger partial charge in [0.25, 0.3) is 0 Å². The van der Waals surface area contributed by atoms with E-state index in [-0.39, 0.29) is 5.41 Å². The molecule has 58 heavy (non-hydrogen) atoms. The zero-order chi connectivity index (χ0) is 38.5. The highest BCUT2D eigenvalue weighted by molar-refractivity contribution is 7.25. The summed E-state index contributed by atoms with van der Waals surface area (Å²) < 4.78 is 4.95. The summed E-state index contributed by atoms with van der Waals surface area (Å²) in [5.41, 5.74) is 12.8. The van der Waals surface area contributed by atoms with Gasteiger partial charge in [-0.25, -0.2) is 4.98 Å². The molecule has 3 nitrogen and oxygen atoms in total. The SMILES string of the molecule is CC1(C)c2cc3ccc4cc(N(c5ccccc5)c5ccc6sc7ccccc7c6c5)ccc4c3cc2-c2cc3c(cc21)nc(-c1ccccc1)n3-c1ccccc1. The first kappa shape index (κ1) is 33.2. The summed E-state index contributed by atoms with van der Waals surface area (Å²) >= 11 is 1.86. The molecule has 1 aliphatic carbocycles. The van der Waals surface area contributed by atoms with Crippen LogP contribution in [0.2, 0.25) is 0 Å². The molecule has 0 amide bonds. The summed E-state index contributed by atoms with van der Waals surface area (Å²) in [4.78, 5) is 7.70. The second-order valence-electron chi connectivity index (χ2n) is 16.0. The van der Waals surface area contributed by atoms with E-state index in [1.807, 2.05) is 11.3 Å². The minimum Gasteiger partial charge on any atom is -0.310 e. The van der Waals surface area contributed by atoms with Crippen LogP contribution in [0.4, 0.5) is 17.1 Å². The second kappa shape index (κ2) is 12.5. The molecule has 4 heteroatoms. The van der Waals surface area contributed by atoms with Gasteiger partial charge in [0.05, 0.1) is 11.0 Å². The maximum atomic E-state index is 5.31. The standard InChI is InChI=1S/C54H37N3S/c1-54(2)47-29-36-23-22-35-28-39(56(37-16-8-4-9-17-37)40-25-27-52-46(30-40)42-20-12-13-21-51(42)58-52)24-26-41(35)43(36)31-44(47)45-32-50-49(33-48(45)54)55-53(34-14-6-3-7-15-34)57(50)38-18-10-5-11-19-38/h3-33H,1-2H3. The molecule has 2 heterocycles. The quantitative estimate of drug-likeness (QED) is 0.163. The van der Waals surface area contributed by atoms with Crippen LogP contribution in [0.25, 0.3) is 81.0 Å². The maximum absolute atomic E-state index is 5.31. The first-order chi connectivity index (χ1) is 28.5. The molecule has 2 aromatic heterocycles. The van der Waals surface area contributed by atoms with E-state index in [1.54, 1.807) is 0 Å². The number of thiophene rings is 1. The van der Waals surface area contributed by atoms with Crippen LogP contribution < -0.4 is 4.90 Å². The van der Waals surface area contributed by atoms with E-state index in [0.717, 1.165) is 45.2 Å². The maximum Gasteiger partial charge on any atom is 0.145 e. The van der Waals surface area contributed by atoms with Gasteiger partial charge in [-0.05, 0) is 129 Å². The zero-order valence-electron chi connectivity index (χ0n) is 32.1. The third kappa shape index (κ3) is 4.95. The summed E-state index contributed by atoms with van der Waals surface area (Å²) in [5.74, 6) is 0.956. The molecule has 0 radical (unpaired) electrons. The van der Waals surface area contributed by atoms with Crippen molar-refractivity contribution in [2.24, 2.45) is 0 Å². The lowest BCUT2D eigenvalue weighted by Gasteiger charge is -2.26. The van der Waals surface area contributed by atoms with E-state index >= 15 is 0 Å². The van der Waals surface area contributed by atoms with Gasteiger partial charge in [0, 0.05) is 53.9 Å². The minimum atomic E-state index is -0.180. The number of hydrogen-bond donors (Lipinski definition) is 0. The fourth-order valence-electron chi connectivity index (χ4n) is 9.48. The molecule has 0 unspecified atom stereocenters. The van der Waals surface area contributed by atoms with E-state index < -0.39 is 0 Å². The molecule has 0 fully saturated rings. The van der Waals surface area contributed by atoms with Crippen LogP contribution >= 0.6 is 11.3 Å². The number of rotatable bonds is 5. The Balaban J connectivity index is 1.03. The van der Waals surface area contributed by atoms with Crippen molar-refractivity contribution in [1.82, 2.24) is 9.55 Å². The molecule has 0 aliphatic heterocycles. The number of anilines is 3. The highest BCUT2D eigenvalue weighted by atomic mass is 32.1. The van der Waals surface area contributed by atoms with Gasteiger partial charge in [-0.1, -0.05) is 117 Å². The van der Waals surface area contributed by atoms with E-state index in [4.69, 9.17) is 4.98 Å². The summed E-state index contributed by atoms with van der Waals surface area (Å²) in [5, 5.41) is 7.60. The van der Waals surface area contributed by atoms with Crippen LogP contribution in [0.3, 0.4) is 0 Å². The summed E-state index contributed by atoms with van der Waals surface area (Å²) in [6.45, 7) is 4.73. The number of para-hydroxylation sites is 2. The normalized spacial score (nSPS) is 13.1. The Morgan fingerprint density at radius 1 is 0.483 bits per heavy atom. The van der Waals surface area contributed by atoms with Gasteiger partial charge >= 0.3 is 0 Å². The Morgan fingerprint density at radius 3 is 1.93 bits per heavy atom. The number of nitrogens with zero attached hydrogens (tertiary/aromatic N) is 3. The Morgan fingerprint density at radius 2 is 1.12 bits per heavy atom.